The first kappa shape index (κ1) is 22.9. The van der Waals surface area contributed by atoms with Crippen LogP contribution in [0.25, 0.3) is 11.3 Å². The van der Waals surface area contributed by atoms with E-state index in [2.05, 4.69) is 0 Å². The van der Waals surface area contributed by atoms with Gasteiger partial charge >= 0.3 is 5.97 Å². The van der Waals surface area contributed by atoms with Gasteiger partial charge in [-0.05, 0) is 37.8 Å². The Labute approximate surface area is 197 Å². The molecule has 1 saturated carbocycles. The van der Waals surface area contributed by atoms with Gasteiger partial charge in [-0.25, -0.2) is 9.18 Å². The molecule has 1 saturated heterocycles. The first-order valence-corrected chi connectivity index (χ1v) is 11.9. The maximum atomic E-state index is 15.2. The van der Waals surface area contributed by atoms with Gasteiger partial charge in [0.25, 0.3) is 5.56 Å². The molecular formula is C26H30FNO6. The number of esters is 1. The first-order chi connectivity index (χ1) is 16.2. The minimum atomic E-state index is -0.651. The Kier molecular flexibility index (Phi) is 5.67. The number of halogens is 1. The highest BCUT2D eigenvalue weighted by molar-refractivity contribution is 5.90. The normalized spacial score (nSPS) is 20.1. The van der Waals surface area contributed by atoms with E-state index in [1.165, 1.54) is 6.07 Å². The van der Waals surface area contributed by atoms with E-state index in [-0.39, 0.29) is 35.3 Å². The predicted octanol–water partition coefficient (Wildman–Crippen LogP) is 4.67. The van der Waals surface area contributed by atoms with E-state index in [0.29, 0.717) is 42.4 Å². The van der Waals surface area contributed by atoms with Crippen molar-refractivity contribution < 1.29 is 28.1 Å². The number of carbonyl (C=O) groups excluding carboxylic acids is 1. The van der Waals surface area contributed by atoms with Crippen molar-refractivity contribution in [1.29, 1.82) is 0 Å². The topological polar surface area (TPSA) is 76.0 Å². The van der Waals surface area contributed by atoms with Crippen LogP contribution < -0.4 is 15.0 Å². The van der Waals surface area contributed by atoms with Crippen molar-refractivity contribution in [3.05, 3.63) is 45.5 Å². The van der Waals surface area contributed by atoms with Gasteiger partial charge in [0.05, 0.1) is 32.1 Å². The summed E-state index contributed by atoms with van der Waals surface area (Å²) >= 11 is 0. The zero-order valence-corrected chi connectivity index (χ0v) is 20.0. The molecule has 1 unspecified atom stereocenters. The lowest BCUT2D eigenvalue weighted by molar-refractivity contribution is -0.120. The number of benzene rings is 1. The molecule has 2 aliphatic heterocycles. The van der Waals surface area contributed by atoms with Crippen molar-refractivity contribution in [1.82, 2.24) is 4.57 Å². The average Bonchev–Trinajstić information content (AvgIpc) is 3.60. The van der Waals surface area contributed by atoms with Gasteiger partial charge in [-0.2, -0.15) is 0 Å². The first-order valence-electron chi connectivity index (χ1n) is 11.9. The zero-order valence-electron chi connectivity index (χ0n) is 20.0. The van der Waals surface area contributed by atoms with Gasteiger partial charge in [0, 0.05) is 28.7 Å². The number of pyridine rings is 1. The molecule has 0 amide bonds. The van der Waals surface area contributed by atoms with E-state index < -0.39 is 23.4 Å². The van der Waals surface area contributed by atoms with Crippen molar-refractivity contribution in [2.24, 2.45) is 11.3 Å². The fourth-order valence-corrected chi connectivity index (χ4v) is 4.60. The predicted molar refractivity (Wildman–Crippen MR) is 123 cm³/mol. The van der Waals surface area contributed by atoms with Crippen LogP contribution in [-0.2, 0) is 9.47 Å². The molecule has 2 fully saturated rings. The van der Waals surface area contributed by atoms with Crippen LogP contribution in [-0.4, -0.2) is 37.0 Å². The Balaban J connectivity index is 1.65. The molecule has 7 nitrogen and oxygen atoms in total. The Morgan fingerprint density at radius 1 is 1.26 bits per heavy atom. The van der Waals surface area contributed by atoms with Crippen molar-refractivity contribution in [3.63, 3.8) is 0 Å². The van der Waals surface area contributed by atoms with Crippen LogP contribution in [0.4, 0.5) is 4.39 Å². The number of rotatable bonds is 7. The van der Waals surface area contributed by atoms with E-state index in [1.54, 1.807) is 23.6 Å². The molecule has 3 heterocycles. The van der Waals surface area contributed by atoms with Crippen LogP contribution in [0.15, 0.2) is 23.0 Å². The third kappa shape index (κ3) is 3.87. The van der Waals surface area contributed by atoms with Gasteiger partial charge in [0.1, 0.15) is 17.4 Å². The number of carbonyl (C=O) groups is 1. The van der Waals surface area contributed by atoms with Gasteiger partial charge in [-0.1, -0.05) is 20.8 Å². The highest BCUT2D eigenvalue weighted by Crippen LogP contribution is 2.49. The minimum absolute atomic E-state index is 0.0124. The van der Waals surface area contributed by atoms with Crippen LogP contribution in [0.1, 0.15) is 68.6 Å². The molecule has 1 aromatic carbocycles. The maximum absolute atomic E-state index is 15.2. The van der Waals surface area contributed by atoms with Gasteiger partial charge in [-0.15, -0.1) is 0 Å². The minimum Gasteiger partial charge on any atom is -0.490 e. The molecule has 1 atom stereocenters. The fraction of sp³-hybridized carbons (Fsp3) is 0.538. The fourth-order valence-electron chi connectivity index (χ4n) is 4.60. The lowest BCUT2D eigenvalue weighted by Gasteiger charge is -2.37. The van der Waals surface area contributed by atoms with Gasteiger partial charge in [-0.3, -0.25) is 4.79 Å². The number of hydrogen-bond acceptors (Lipinski definition) is 6. The Bertz CT molecular complexity index is 1190. The highest BCUT2D eigenvalue weighted by atomic mass is 19.1. The van der Waals surface area contributed by atoms with Crippen LogP contribution in [0.5, 0.6) is 11.5 Å². The standard InChI is InChI=1S/C26H30FNO6/c1-5-32-25(30)18-8-17-22(28(24(18)29)15-6-7-15)16-9-19(27)21(33-13-26(4)11-31-12-26)10-20(16)34-23(17)14(2)3/h8-10,14-15,23H,5-7,11-13H2,1-4H3. The van der Waals surface area contributed by atoms with Crippen molar-refractivity contribution in [2.75, 3.05) is 26.4 Å². The lowest BCUT2D eigenvalue weighted by Crippen LogP contribution is -2.44. The molecule has 3 aliphatic rings. The van der Waals surface area contributed by atoms with Crippen LogP contribution in [0, 0.1) is 17.2 Å². The molecule has 2 aromatic rings. The number of nitrogens with zero attached hydrogens (tertiary/aromatic N) is 1. The van der Waals surface area contributed by atoms with Crippen molar-refractivity contribution >= 4 is 5.97 Å². The van der Waals surface area contributed by atoms with Crippen molar-refractivity contribution in [3.8, 4) is 22.8 Å². The van der Waals surface area contributed by atoms with Gasteiger partial charge in [0.2, 0.25) is 0 Å². The van der Waals surface area contributed by atoms with Gasteiger partial charge in [0.15, 0.2) is 11.6 Å². The molecular weight excluding hydrogens is 441 g/mol. The lowest BCUT2D eigenvalue weighted by atomic mass is 9.89. The summed E-state index contributed by atoms with van der Waals surface area (Å²) in [5, 5.41) is 0. The molecule has 182 valence electrons. The van der Waals surface area contributed by atoms with E-state index in [4.69, 9.17) is 18.9 Å². The maximum Gasteiger partial charge on any atom is 0.343 e. The molecule has 5 rings (SSSR count). The van der Waals surface area contributed by atoms with Crippen LogP contribution in [0.2, 0.25) is 0 Å². The Morgan fingerprint density at radius 3 is 2.59 bits per heavy atom. The van der Waals surface area contributed by atoms with Crippen LogP contribution >= 0.6 is 0 Å². The van der Waals surface area contributed by atoms with E-state index >= 15 is 4.39 Å². The number of hydrogen-bond donors (Lipinski definition) is 0. The summed E-state index contributed by atoms with van der Waals surface area (Å²) < 4.78 is 39.4. The largest absolute Gasteiger partial charge is 0.490 e. The molecule has 0 N–H and O–H groups in total. The summed E-state index contributed by atoms with van der Waals surface area (Å²) in [6.45, 7) is 9.41. The molecule has 0 spiro atoms. The number of aromatic nitrogens is 1. The smallest absolute Gasteiger partial charge is 0.343 e. The molecule has 0 radical (unpaired) electrons. The number of fused-ring (bicyclic) bond motifs is 3. The molecule has 1 aromatic heterocycles. The number of ether oxygens (including phenoxy) is 4. The summed E-state index contributed by atoms with van der Waals surface area (Å²) in [5.74, 6) is -0.560. The summed E-state index contributed by atoms with van der Waals surface area (Å²) in [6, 6.07) is 4.49. The van der Waals surface area contributed by atoms with E-state index in [9.17, 15) is 9.59 Å². The SMILES string of the molecule is CCOC(=O)c1cc2c(n(C3CC3)c1=O)-c1cc(F)c(OCC3(C)COC3)cc1OC2C(C)C. The second-order valence-electron chi connectivity index (χ2n) is 10.1. The zero-order chi connectivity index (χ0) is 24.2. The average molecular weight is 472 g/mol. The van der Waals surface area contributed by atoms with Gasteiger partial charge < -0.3 is 23.5 Å². The quantitative estimate of drug-likeness (QED) is 0.547. The summed E-state index contributed by atoms with van der Waals surface area (Å²) in [5.41, 5.74) is 1.26. The molecule has 0 bridgehead atoms. The molecule has 8 heteroatoms. The second-order valence-corrected chi connectivity index (χ2v) is 10.1. The summed E-state index contributed by atoms with van der Waals surface area (Å²) in [7, 11) is 0. The third-order valence-corrected chi connectivity index (χ3v) is 6.60. The third-order valence-electron chi connectivity index (χ3n) is 6.60. The molecule has 34 heavy (non-hydrogen) atoms. The second kappa shape index (κ2) is 8.41. The summed E-state index contributed by atoms with van der Waals surface area (Å²) in [4.78, 5) is 26.0. The summed E-state index contributed by atoms with van der Waals surface area (Å²) in [6.07, 6.45) is 1.23. The van der Waals surface area contributed by atoms with Crippen LogP contribution in [0.3, 0.4) is 0 Å². The highest BCUT2D eigenvalue weighted by Gasteiger charge is 2.39. The van der Waals surface area contributed by atoms with E-state index in [0.717, 1.165) is 12.8 Å². The van der Waals surface area contributed by atoms with E-state index in [1.807, 2.05) is 20.8 Å². The Morgan fingerprint density at radius 2 is 2.00 bits per heavy atom. The molecule has 1 aliphatic carbocycles. The van der Waals surface area contributed by atoms with Crippen molar-refractivity contribution in [2.45, 2.75) is 52.7 Å². The monoisotopic (exact) mass is 471 g/mol. The Hall–Kier alpha value is -2.87.